The van der Waals surface area contributed by atoms with Crippen LogP contribution in [0.2, 0.25) is 0 Å². The van der Waals surface area contributed by atoms with E-state index in [1.807, 2.05) is 12.2 Å². The molecular weight excluding hydrogens is 320 g/mol. The van der Waals surface area contributed by atoms with Gasteiger partial charge >= 0.3 is 5.97 Å². The van der Waals surface area contributed by atoms with E-state index in [0.717, 1.165) is 0 Å². The summed E-state index contributed by atoms with van der Waals surface area (Å²) in [6.07, 6.45) is 4.45. The van der Waals surface area contributed by atoms with E-state index in [4.69, 9.17) is 5.14 Å². The molecule has 3 rings (SSSR count). The third-order valence-electron chi connectivity index (χ3n) is 4.50. The molecule has 0 aromatic heterocycles. The summed E-state index contributed by atoms with van der Waals surface area (Å²) in [4.78, 5) is 23.8. The molecule has 1 fully saturated rings. The standard InChI is InChI=1S/C15H16N2O5S/c16-23(21,22)11-5-3-10(4-6-11)17-14(18)12-8-1-2-9(7-8)13(12)15(19)20/h1-6,8-9,12-13H,7H2,(H,17,18)(H,19,20)(H2,16,21,22)/t8-,9+,12-,13-/m0/s1. The molecule has 0 radical (unpaired) electrons. The SMILES string of the molecule is NS(=O)(=O)c1ccc(NC(=O)[C@@H]2[C@@H](C(=O)O)[C@@H]3C=C[C@H]2C3)cc1. The van der Waals surface area contributed by atoms with Gasteiger partial charge in [-0.05, 0) is 42.5 Å². The molecule has 2 bridgehead atoms. The Balaban J connectivity index is 1.77. The minimum Gasteiger partial charge on any atom is -0.481 e. The number of nitrogens with one attached hydrogen (secondary N) is 1. The van der Waals surface area contributed by atoms with Crippen LogP contribution in [-0.4, -0.2) is 25.4 Å². The van der Waals surface area contributed by atoms with Gasteiger partial charge in [0.25, 0.3) is 0 Å². The first-order valence-electron chi connectivity index (χ1n) is 7.12. The summed E-state index contributed by atoms with van der Waals surface area (Å²) in [6, 6.07) is 5.44. The largest absolute Gasteiger partial charge is 0.481 e. The Kier molecular flexibility index (Phi) is 3.73. The highest BCUT2D eigenvalue weighted by molar-refractivity contribution is 7.89. The molecule has 23 heavy (non-hydrogen) atoms. The van der Waals surface area contributed by atoms with E-state index >= 15 is 0 Å². The van der Waals surface area contributed by atoms with Gasteiger partial charge in [0, 0.05) is 5.69 Å². The van der Waals surface area contributed by atoms with Crippen molar-refractivity contribution in [1.82, 2.24) is 0 Å². The van der Waals surface area contributed by atoms with Gasteiger partial charge in [-0.1, -0.05) is 12.2 Å². The van der Waals surface area contributed by atoms with Crippen LogP contribution in [0.3, 0.4) is 0 Å². The van der Waals surface area contributed by atoms with Gasteiger partial charge in [0.15, 0.2) is 0 Å². The predicted molar refractivity (Wildman–Crippen MR) is 81.8 cm³/mol. The molecule has 8 heteroatoms. The Hall–Kier alpha value is -2.19. The van der Waals surface area contributed by atoms with Crippen LogP contribution >= 0.6 is 0 Å². The fourth-order valence-corrected chi connectivity index (χ4v) is 3.99. The van der Waals surface area contributed by atoms with E-state index < -0.39 is 27.8 Å². The van der Waals surface area contributed by atoms with E-state index in [2.05, 4.69) is 5.32 Å². The van der Waals surface area contributed by atoms with Crippen molar-refractivity contribution in [3.05, 3.63) is 36.4 Å². The van der Waals surface area contributed by atoms with E-state index in [9.17, 15) is 23.1 Å². The summed E-state index contributed by atoms with van der Waals surface area (Å²) in [5.74, 6) is -2.82. The first kappa shape index (κ1) is 15.7. The number of sulfonamides is 1. The highest BCUT2D eigenvalue weighted by atomic mass is 32.2. The van der Waals surface area contributed by atoms with Crippen molar-refractivity contribution in [2.24, 2.45) is 28.8 Å². The van der Waals surface area contributed by atoms with E-state index in [1.54, 1.807) is 0 Å². The monoisotopic (exact) mass is 336 g/mol. The average Bonchev–Trinajstić information content (AvgIpc) is 3.07. The maximum atomic E-state index is 12.5. The summed E-state index contributed by atoms with van der Waals surface area (Å²) in [7, 11) is -3.79. The lowest BCUT2D eigenvalue weighted by Gasteiger charge is -2.23. The molecule has 0 heterocycles. The summed E-state index contributed by atoms with van der Waals surface area (Å²) in [5, 5.41) is 17.0. The van der Waals surface area contributed by atoms with E-state index in [-0.39, 0.29) is 22.6 Å². The minimum atomic E-state index is -3.79. The zero-order chi connectivity index (χ0) is 16.8. The molecule has 122 valence electrons. The molecule has 1 saturated carbocycles. The Labute approximate surface area is 133 Å². The molecule has 0 unspecified atom stereocenters. The lowest BCUT2D eigenvalue weighted by atomic mass is 9.82. The first-order valence-corrected chi connectivity index (χ1v) is 8.67. The normalized spacial score (nSPS) is 28.7. The molecule has 0 saturated heterocycles. The van der Waals surface area contributed by atoms with Crippen LogP contribution in [-0.2, 0) is 19.6 Å². The van der Waals surface area contributed by atoms with Gasteiger partial charge in [0.2, 0.25) is 15.9 Å². The number of carbonyl (C=O) groups is 2. The zero-order valence-corrected chi connectivity index (χ0v) is 12.9. The van der Waals surface area contributed by atoms with E-state index in [1.165, 1.54) is 24.3 Å². The number of primary sulfonamides is 1. The lowest BCUT2D eigenvalue weighted by molar-refractivity contribution is -0.146. The number of fused-ring (bicyclic) bond motifs is 2. The fraction of sp³-hybridized carbons (Fsp3) is 0.333. The molecule has 0 aliphatic heterocycles. The number of anilines is 1. The molecule has 0 spiro atoms. The fourth-order valence-electron chi connectivity index (χ4n) is 3.47. The van der Waals surface area contributed by atoms with Crippen LogP contribution in [0.4, 0.5) is 5.69 Å². The highest BCUT2D eigenvalue weighted by Gasteiger charge is 2.51. The van der Waals surface area contributed by atoms with E-state index in [0.29, 0.717) is 12.1 Å². The second-order valence-electron chi connectivity index (χ2n) is 5.90. The number of aliphatic carboxylic acids is 1. The predicted octanol–water partition coefficient (Wildman–Crippen LogP) is 0.795. The molecule has 1 amide bonds. The van der Waals surface area contributed by atoms with Gasteiger partial charge in [-0.2, -0.15) is 0 Å². The molecule has 2 aliphatic carbocycles. The molecule has 1 aromatic rings. The number of amides is 1. The third-order valence-corrected chi connectivity index (χ3v) is 5.43. The number of hydrogen-bond acceptors (Lipinski definition) is 4. The van der Waals surface area contributed by atoms with Gasteiger partial charge in [-0.3, -0.25) is 9.59 Å². The molecular formula is C15H16N2O5S. The first-order chi connectivity index (χ1) is 10.8. The van der Waals surface area contributed by atoms with Gasteiger partial charge in [0.05, 0.1) is 16.7 Å². The topological polar surface area (TPSA) is 127 Å². The van der Waals surface area contributed by atoms with Crippen LogP contribution < -0.4 is 10.5 Å². The van der Waals surface area contributed by atoms with Gasteiger partial charge in [-0.25, -0.2) is 13.6 Å². The van der Waals surface area contributed by atoms with Crippen molar-refractivity contribution in [2.75, 3.05) is 5.32 Å². The van der Waals surface area contributed by atoms with Crippen LogP contribution in [0.25, 0.3) is 0 Å². The smallest absolute Gasteiger partial charge is 0.307 e. The van der Waals surface area contributed by atoms with Crippen LogP contribution in [0, 0.1) is 23.7 Å². The van der Waals surface area contributed by atoms with Crippen molar-refractivity contribution in [3.8, 4) is 0 Å². The number of carbonyl (C=O) groups excluding carboxylic acids is 1. The molecule has 2 aliphatic rings. The summed E-state index contributed by atoms with van der Waals surface area (Å²) < 4.78 is 22.4. The second-order valence-corrected chi connectivity index (χ2v) is 7.46. The minimum absolute atomic E-state index is 0.0539. The number of allylic oxidation sites excluding steroid dienone is 2. The van der Waals surface area contributed by atoms with Crippen molar-refractivity contribution >= 4 is 27.6 Å². The third kappa shape index (κ3) is 2.87. The number of benzene rings is 1. The highest BCUT2D eigenvalue weighted by Crippen LogP contribution is 2.48. The van der Waals surface area contributed by atoms with Crippen molar-refractivity contribution in [2.45, 2.75) is 11.3 Å². The molecule has 7 nitrogen and oxygen atoms in total. The Morgan fingerprint density at radius 1 is 1.09 bits per heavy atom. The van der Waals surface area contributed by atoms with Crippen molar-refractivity contribution in [3.63, 3.8) is 0 Å². The maximum absolute atomic E-state index is 12.5. The van der Waals surface area contributed by atoms with Crippen LogP contribution in [0.1, 0.15) is 6.42 Å². The van der Waals surface area contributed by atoms with Crippen molar-refractivity contribution in [1.29, 1.82) is 0 Å². The number of carboxylic acid groups (broad SMARTS) is 1. The number of hydrogen-bond donors (Lipinski definition) is 3. The summed E-state index contributed by atoms with van der Waals surface area (Å²) in [5.41, 5.74) is 0.401. The molecule has 4 N–H and O–H groups in total. The van der Waals surface area contributed by atoms with Gasteiger partial charge < -0.3 is 10.4 Å². The van der Waals surface area contributed by atoms with Crippen molar-refractivity contribution < 1.29 is 23.1 Å². The van der Waals surface area contributed by atoms with Crippen LogP contribution in [0.15, 0.2) is 41.3 Å². The second kappa shape index (κ2) is 5.47. The Morgan fingerprint density at radius 3 is 2.17 bits per heavy atom. The Morgan fingerprint density at radius 2 is 1.65 bits per heavy atom. The van der Waals surface area contributed by atoms with Gasteiger partial charge in [0.1, 0.15) is 0 Å². The number of carboxylic acids is 1. The quantitative estimate of drug-likeness (QED) is 0.701. The van der Waals surface area contributed by atoms with Gasteiger partial charge in [-0.15, -0.1) is 0 Å². The zero-order valence-electron chi connectivity index (χ0n) is 12.0. The Bertz CT molecular complexity index is 785. The maximum Gasteiger partial charge on any atom is 0.307 e. The molecule has 4 atom stereocenters. The summed E-state index contributed by atoms with van der Waals surface area (Å²) in [6.45, 7) is 0. The summed E-state index contributed by atoms with van der Waals surface area (Å²) >= 11 is 0. The van der Waals surface area contributed by atoms with Crippen LogP contribution in [0.5, 0.6) is 0 Å². The lowest BCUT2D eigenvalue weighted by Crippen LogP contribution is -2.36. The average molecular weight is 336 g/mol. The molecule has 1 aromatic carbocycles. The number of rotatable bonds is 4. The number of nitrogens with two attached hydrogens (primary N) is 1.